The highest BCUT2D eigenvalue weighted by Gasteiger charge is 2.24. The Morgan fingerprint density at radius 3 is 3.21 bits per heavy atom. The molecule has 0 bridgehead atoms. The Labute approximate surface area is 113 Å². The predicted octanol–water partition coefficient (Wildman–Crippen LogP) is 2.41. The minimum Gasteiger partial charge on any atom is -0.376 e. The van der Waals surface area contributed by atoms with Gasteiger partial charge < -0.3 is 14.2 Å². The highest BCUT2D eigenvalue weighted by molar-refractivity contribution is 5.88. The number of amides is 2. The highest BCUT2D eigenvalue weighted by Crippen LogP contribution is 2.15. The predicted molar refractivity (Wildman–Crippen MR) is 71.1 cm³/mol. The molecule has 1 saturated heterocycles. The van der Waals surface area contributed by atoms with E-state index < -0.39 is 0 Å². The zero-order valence-corrected chi connectivity index (χ0v) is 11.5. The van der Waals surface area contributed by atoms with Gasteiger partial charge in [-0.15, -0.1) is 0 Å². The van der Waals surface area contributed by atoms with Gasteiger partial charge in [0.05, 0.1) is 6.10 Å². The van der Waals surface area contributed by atoms with Crippen LogP contribution in [0.25, 0.3) is 0 Å². The van der Waals surface area contributed by atoms with Crippen molar-refractivity contribution in [3.05, 3.63) is 11.8 Å². The maximum atomic E-state index is 12.1. The van der Waals surface area contributed by atoms with E-state index in [1.54, 1.807) is 17.9 Å². The van der Waals surface area contributed by atoms with Crippen LogP contribution in [0.5, 0.6) is 0 Å². The van der Waals surface area contributed by atoms with E-state index in [0.717, 1.165) is 32.4 Å². The number of urea groups is 1. The molecule has 1 aliphatic rings. The summed E-state index contributed by atoms with van der Waals surface area (Å²) in [6.45, 7) is 6.03. The molecule has 2 rings (SSSR count). The molecule has 0 aromatic carbocycles. The molecule has 0 saturated carbocycles. The molecule has 0 spiro atoms. The molecule has 106 valence electrons. The van der Waals surface area contributed by atoms with Crippen molar-refractivity contribution in [2.45, 2.75) is 39.2 Å². The minimum atomic E-state index is -0.141. The Hall–Kier alpha value is -1.56. The first kappa shape index (κ1) is 13.9. The zero-order chi connectivity index (χ0) is 13.7. The van der Waals surface area contributed by atoms with Gasteiger partial charge in [0.1, 0.15) is 5.76 Å². The second-order valence-corrected chi connectivity index (χ2v) is 4.83. The topological polar surface area (TPSA) is 67.6 Å². The van der Waals surface area contributed by atoms with Crippen molar-refractivity contribution in [2.75, 3.05) is 25.0 Å². The number of ether oxygens (including phenoxy) is 1. The first-order chi connectivity index (χ1) is 9.19. The average molecular weight is 267 g/mol. The first-order valence-corrected chi connectivity index (χ1v) is 6.80. The van der Waals surface area contributed by atoms with Gasteiger partial charge in [-0.25, -0.2) is 4.79 Å². The van der Waals surface area contributed by atoms with Gasteiger partial charge in [0.25, 0.3) is 0 Å². The van der Waals surface area contributed by atoms with Crippen molar-refractivity contribution < 1.29 is 14.1 Å². The number of aryl methyl sites for hydroxylation is 1. The van der Waals surface area contributed by atoms with Crippen molar-refractivity contribution in [3.63, 3.8) is 0 Å². The normalized spacial score (nSPS) is 19.5. The standard InChI is InChI=1S/C13H21N3O3/c1-3-7-18-11-5-4-6-16(9-11)13(17)14-12-8-10(2)19-15-12/h8,11H,3-7,9H2,1-2H3,(H,14,15,17). The Morgan fingerprint density at radius 2 is 2.53 bits per heavy atom. The molecule has 1 fully saturated rings. The summed E-state index contributed by atoms with van der Waals surface area (Å²) in [5.74, 6) is 1.14. The molecular weight excluding hydrogens is 246 g/mol. The number of likely N-dealkylation sites (tertiary alicyclic amines) is 1. The van der Waals surface area contributed by atoms with E-state index >= 15 is 0 Å². The van der Waals surface area contributed by atoms with Crippen LogP contribution in [0, 0.1) is 6.92 Å². The van der Waals surface area contributed by atoms with E-state index in [1.807, 2.05) is 0 Å². The van der Waals surface area contributed by atoms with E-state index in [-0.39, 0.29) is 12.1 Å². The van der Waals surface area contributed by atoms with E-state index in [0.29, 0.717) is 18.1 Å². The van der Waals surface area contributed by atoms with Crippen LogP contribution in [0.15, 0.2) is 10.6 Å². The molecule has 1 aromatic heterocycles. The monoisotopic (exact) mass is 267 g/mol. The number of nitrogens with one attached hydrogen (secondary N) is 1. The van der Waals surface area contributed by atoms with Crippen LogP contribution in [-0.4, -0.2) is 41.9 Å². The van der Waals surface area contributed by atoms with Crippen LogP contribution in [0.2, 0.25) is 0 Å². The molecule has 6 nitrogen and oxygen atoms in total. The second-order valence-electron chi connectivity index (χ2n) is 4.83. The summed E-state index contributed by atoms with van der Waals surface area (Å²) in [7, 11) is 0. The van der Waals surface area contributed by atoms with Crippen molar-refractivity contribution in [3.8, 4) is 0 Å². The number of carbonyl (C=O) groups is 1. The molecule has 6 heteroatoms. The molecule has 2 heterocycles. The summed E-state index contributed by atoms with van der Waals surface area (Å²) in [5, 5.41) is 6.49. The maximum absolute atomic E-state index is 12.1. The lowest BCUT2D eigenvalue weighted by atomic mass is 10.1. The number of nitrogens with zero attached hydrogens (tertiary/aromatic N) is 2. The fraction of sp³-hybridized carbons (Fsp3) is 0.692. The second kappa shape index (κ2) is 6.56. The van der Waals surface area contributed by atoms with Crippen LogP contribution in [0.4, 0.5) is 10.6 Å². The number of carbonyl (C=O) groups excluding carboxylic acids is 1. The molecule has 1 aliphatic heterocycles. The zero-order valence-electron chi connectivity index (χ0n) is 11.5. The lowest BCUT2D eigenvalue weighted by molar-refractivity contribution is 0.0115. The SMILES string of the molecule is CCCOC1CCCN(C(=O)Nc2cc(C)on2)C1. The summed E-state index contributed by atoms with van der Waals surface area (Å²) >= 11 is 0. The smallest absolute Gasteiger partial charge is 0.323 e. The number of hydrogen-bond acceptors (Lipinski definition) is 4. The third-order valence-electron chi connectivity index (χ3n) is 3.09. The van der Waals surface area contributed by atoms with Crippen LogP contribution < -0.4 is 5.32 Å². The molecule has 0 radical (unpaired) electrons. The summed E-state index contributed by atoms with van der Waals surface area (Å²) in [6.07, 6.45) is 3.14. The summed E-state index contributed by atoms with van der Waals surface area (Å²) in [6, 6.07) is 1.56. The molecule has 2 amide bonds. The average Bonchev–Trinajstić information content (AvgIpc) is 2.82. The Balaban J connectivity index is 1.84. The maximum Gasteiger partial charge on any atom is 0.323 e. The van der Waals surface area contributed by atoms with Crippen molar-refractivity contribution >= 4 is 11.8 Å². The van der Waals surface area contributed by atoms with E-state index in [4.69, 9.17) is 9.26 Å². The van der Waals surface area contributed by atoms with E-state index in [1.165, 1.54) is 0 Å². The van der Waals surface area contributed by atoms with E-state index in [2.05, 4.69) is 17.4 Å². The van der Waals surface area contributed by atoms with Gasteiger partial charge in [0.15, 0.2) is 5.82 Å². The van der Waals surface area contributed by atoms with Crippen LogP contribution in [0.3, 0.4) is 0 Å². The number of rotatable bonds is 4. The van der Waals surface area contributed by atoms with Crippen molar-refractivity contribution in [1.82, 2.24) is 10.1 Å². The third kappa shape index (κ3) is 3.96. The van der Waals surface area contributed by atoms with Crippen LogP contribution >= 0.6 is 0 Å². The number of piperidine rings is 1. The summed E-state index contributed by atoms with van der Waals surface area (Å²) < 4.78 is 10.6. The van der Waals surface area contributed by atoms with Gasteiger partial charge in [-0.1, -0.05) is 12.1 Å². The van der Waals surface area contributed by atoms with Gasteiger partial charge in [-0.3, -0.25) is 5.32 Å². The first-order valence-electron chi connectivity index (χ1n) is 6.80. The highest BCUT2D eigenvalue weighted by atomic mass is 16.5. The van der Waals surface area contributed by atoms with Crippen LogP contribution in [-0.2, 0) is 4.74 Å². The number of anilines is 1. The fourth-order valence-corrected chi connectivity index (χ4v) is 2.16. The van der Waals surface area contributed by atoms with Gasteiger partial charge in [-0.2, -0.15) is 0 Å². The lowest BCUT2D eigenvalue weighted by Crippen LogP contribution is -2.45. The minimum absolute atomic E-state index is 0.141. The van der Waals surface area contributed by atoms with Gasteiger partial charge in [0.2, 0.25) is 0 Å². The van der Waals surface area contributed by atoms with Gasteiger partial charge in [-0.05, 0) is 26.2 Å². The third-order valence-corrected chi connectivity index (χ3v) is 3.09. The molecule has 1 aromatic rings. The largest absolute Gasteiger partial charge is 0.376 e. The summed E-state index contributed by atoms with van der Waals surface area (Å²) in [5.41, 5.74) is 0. The molecular formula is C13H21N3O3. The van der Waals surface area contributed by atoms with Gasteiger partial charge in [0, 0.05) is 25.8 Å². The molecule has 1 atom stereocenters. The Morgan fingerprint density at radius 1 is 1.68 bits per heavy atom. The molecule has 1 N–H and O–H groups in total. The Kier molecular flexibility index (Phi) is 4.79. The van der Waals surface area contributed by atoms with Gasteiger partial charge >= 0.3 is 6.03 Å². The molecule has 0 aliphatic carbocycles. The quantitative estimate of drug-likeness (QED) is 0.909. The van der Waals surface area contributed by atoms with E-state index in [9.17, 15) is 4.79 Å². The number of hydrogen-bond donors (Lipinski definition) is 1. The fourth-order valence-electron chi connectivity index (χ4n) is 2.16. The Bertz CT molecular complexity index is 419. The van der Waals surface area contributed by atoms with Crippen molar-refractivity contribution in [1.29, 1.82) is 0 Å². The lowest BCUT2D eigenvalue weighted by Gasteiger charge is -2.32. The molecule has 1 unspecified atom stereocenters. The number of aromatic nitrogens is 1. The van der Waals surface area contributed by atoms with Crippen LogP contribution in [0.1, 0.15) is 31.9 Å². The molecule has 19 heavy (non-hydrogen) atoms. The van der Waals surface area contributed by atoms with Crippen molar-refractivity contribution in [2.24, 2.45) is 0 Å². The summed E-state index contributed by atoms with van der Waals surface area (Å²) in [4.78, 5) is 13.8.